The maximum Gasteiger partial charge on any atom is 0.328 e. The highest BCUT2D eigenvalue weighted by Gasteiger charge is 2.14. The number of aliphatic carboxylic acids is 1. The summed E-state index contributed by atoms with van der Waals surface area (Å²) in [4.78, 5) is 20.2. The lowest BCUT2D eigenvalue weighted by molar-refractivity contribution is -0.138. The Morgan fingerprint density at radius 3 is 2.86 bits per heavy atom. The number of hydrogen-bond donors (Lipinski definition) is 3. The maximum absolute atomic E-state index is 11.1. The van der Waals surface area contributed by atoms with Crippen molar-refractivity contribution in [2.45, 2.75) is 25.8 Å². The Kier molecular flexibility index (Phi) is 7.17. The van der Waals surface area contributed by atoms with Gasteiger partial charge in [0.2, 0.25) is 0 Å². The van der Waals surface area contributed by atoms with Crippen molar-refractivity contribution in [3.63, 3.8) is 0 Å². The summed E-state index contributed by atoms with van der Waals surface area (Å²) in [6.45, 7) is 2.30. The van der Waals surface area contributed by atoms with Gasteiger partial charge >= 0.3 is 5.97 Å². The minimum Gasteiger partial charge on any atom is -0.480 e. The van der Waals surface area contributed by atoms with Gasteiger partial charge in [-0.2, -0.15) is 0 Å². The maximum atomic E-state index is 11.1. The first-order valence-electron chi connectivity index (χ1n) is 6.52. The lowest BCUT2D eigenvalue weighted by Gasteiger charge is -2.06. The fourth-order valence-corrected chi connectivity index (χ4v) is 2.32. The Bertz CT molecular complexity index is 531. The quantitative estimate of drug-likeness (QED) is 0.385. The molecule has 1 aromatic heterocycles. The molecule has 21 heavy (non-hydrogen) atoms. The predicted octanol–water partition coefficient (Wildman–Crippen LogP) is 1.73. The molecule has 0 saturated heterocycles. The molecule has 0 spiro atoms. The number of rotatable bonds is 8. The van der Waals surface area contributed by atoms with Gasteiger partial charge in [-0.1, -0.05) is 6.07 Å². The van der Waals surface area contributed by atoms with E-state index in [0.717, 1.165) is 10.5 Å². The molecule has 7 heteroatoms. The van der Waals surface area contributed by atoms with E-state index in [-0.39, 0.29) is 5.96 Å². The highest BCUT2D eigenvalue weighted by atomic mass is 32.1. The standard InChI is InChI=1S/C14H20N4O2S/c1-10(8-11-4-3-7-21-11)9-18-12(13(19)20)5-2-6-17-14(15)16/h3-4,7-9,12H,2,5-6H2,1H3,(H,19,20)(H4,15,16,17)/b10-8+,18-9?/t12-/m0/s1. The molecule has 0 bridgehead atoms. The Hall–Kier alpha value is -2.15. The molecule has 0 aliphatic carbocycles. The first-order valence-corrected chi connectivity index (χ1v) is 7.40. The zero-order valence-corrected chi connectivity index (χ0v) is 12.7. The number of nitrogens with two attached hydrogens (primary N) is 2. The van der Waals surface area contributed by atoms with Crippen molar-refractivity contribution in [1.29, 1.82) is 0 Å². The first-order chi connectivity index (χ1) is 9.99. The van der Waals surface area contributed by atoms with Crippen molar-refractivity contribution >= 4 is 35.6 Å². The SMILES string of the molecule is C/C(C=N[C@@H](CCCN=C(N)N)C(=O)O)=C\c1cccs1. The molecule has 0 amide bonds. The minimum absolute atomic E-state index is 0.0140. The summed E-state index contributed by atoms with van der Waals surface area (Å²) in [5.41, 5.74) is 11.3. The molecule has 0 aliphatic rings. The Morgan fingerprint density at radius 2 is 2.29 bits per heavy atom. The summed E-state index contributed by atoms with van der Waals surface area (Å²) in [7, 11) is 0. The molecule has 1 atom stereocenters. The summed E-state index contributed by atoms with van der Waals surface area (Å²) in [6.07, 6.45) is 4.53. The van der Waals surface area contributed by atoms with Gasteiger partial charge in [-0.15, -0.1) is 11.3 Å². The molecule has 0 unspecified atom stereocenters. The Morgan fingerprint density at radius 1 is 1.52 bits per heavy atom. The number of carboxylic acids is 1. The van der Waals surface area contributed by atoms with E-state index in [0.29, 0.717) is 19.4 Å². The topological polar surface area (TPSA) is 114 Å². The van der Waals surface area contributed by atoms with Crippen LogP contribution in [-0.4, -0.2) is 35.8 Å². The monoisotopic (exact) mass is 308 g/mol. The highest BCUT2D eigenvalue weighted by Crippen LogP contribution is 2.12. The van der Waals surface area contributed by atoms with Crippen molar-refractivity contribution in [2.24, 2.45) is 21.5 Å². The fraction of sp³-hybridized carbons (Fsp3) is 0.357. The number of guanidine groups is 1. The molecular weight excluding hydrogens is 288 g/mol. The van der Waals surface area contributed by atoms with E-state index in [4.69, 9.17) is 16.6 Å². The average molecular weight is 308 g/mol. The second-order valence-electron chi connectivity index (χ2n) is 4.48. The van der Waals surface area contributed by atoms with Crippen LogP contribution in [0.5, 0.6) is 0 Å². The number of carboxylic acid groups (broad SMARTS) is 1. The van der Waals surface area contributed by atoms with Gasteiger partial charge in [-0.25, -0.2) is 4.79 Å². The van der Waals surface area contributed by atoms with Crippen LogP contribution in [0.1, 0.15) is 24.6 Å². The largest absolute Gasteiger partial charge is 0.480 e. The van der Waals surface area contributed by atoms with Crippen molar-refractivity contribution in [1.82, 2.24) is 0 Å². The molecule has 0 fully saturated rings. The summed E-state index contributed by atoms with van der Waals surface area (Å²) in [5, 5.41) is 11.1. The predicted molar refractivity (Wildman–Crippen MR) is 87.8 cm³/mol. The summed E-state index contributed by atoms with van der Waals surface area (Å²) in [5.74, 6) is -0.931. The number of nitrogens with zero attached hydrogens (tertiary/aromatic N) is 2. The van der Waals surface area contributed by atoms with E-state index >= 15 is 0 Å². The van der Waals surface area contributed by atoms with Crippen molar-refractivity contribution in [3.05, 3.63) is 28.0 Å². The number of aliphatic imine (C=N–C) groups is 2. The zero-order valence-electron chi connectivity index (χ0n) is 11.9. The molecule has 114 valence electrons. The normalized spacial score (nSPS) is 13.3. The number of carbonyl (C=O) groups is 1. The molecule has 0 aliphatic heterocycles. The summed E-state index contributed by atoms with van der Waals surface area (Å²) >= 11 is 1.62. The number of hydrogen-bond acceptors (Lipinski definition) is 4. The number of thiophene rings is 1. The Labute approximate surface area is 127 Å². The van der Waals surface area contributed by atoms with Crippen LogP contribution in [0.15, 0.2) is 33.1 Å². The minimum atomic E-state index is -0.945. The van der Waals surface area contributed by atoms with E-state index in [9.17, 15) is 4.79 Å². The van der Waals surface area contributed by atoms with Crippen LogP contribution >= 0.6 is 11.3 Å². The van der Waals surface area contributed by atoms with Gasteiger partial charge < -0.3 is 16.6 Å². The van der Waals surface area contributed by atoms with E-state index in [1.807, 2.05) is 30.5 Å². The fourth-order valence-electron chi connectivity index (χ4n) is 1.60. The van der Waals surface area contributed by atoms with Gasteiger partial charge in [0.05, 0.1) is 0 Å². The van der Waals surface area contributed by atoms with E-state index in [1.54, 1.807) is 17.6 Å². The molecule has 0 saturated carbocycles. The highest BCUT2D eigenvalue weighted by molar-refractivity contribution is 7.10. The van der Waals surface area contributed by atoms with Gasteiger partial charge in [0, 0.05) is 17.6 Å². The van der Waals surface area contributed by atoms with Crippen LogP contribution in [0, 0.1) is 0 Å². The summed E-state index contributed by atoms with van der Waals surface area (Å²) in [6, 6.07) is 3.18. The lowest BCUT2D eigenvalue weighted by Crippen LogP contribution is -2.23. The van der Waals surface area contributed by atoms with Gasteiger partial charge in [0.1, 0.15) is 6.04 Å². The average Bonchev–Trinajstić information content (AvgIpc) is 2.89. The van der Waals surface area contributed by atoms with Crippen molar-refractivity contribution < 1.29 is 9.90 Å². The van der Waals surface area contributed by atoms with Crippen molar-refractivity contribution in [3.8, 4) is 0 Å². The molecule has 6 nitrogen and oxygen atoms in total. The molecule has 0 aromatic carbocycles. The van der Waals surface area contributed by atoms with Gasteiger partial charge in [-0.3, -0.25) is 9.98 Å². The second-order valence-corrected chi connectivity index (χ2v) is 5.46. The third-order valence-electron chi connectivity index (χ3n) is 2.59. The molecule has 1 aromatic rings. The van der Waals surface area contributed by atoms with Crippen LogP contribution in [-0.2, 0) is 4.79 Å². The molecule has 1 heterocycles. The molecule has 0 radical (unpaired) electrons. The lowest BCUT2D eigenvalue weighted by atomic mass is 10.1. The third kappa shape index (κ3) is 7.26. The van der Waals surface area contributed by atoms with Crippen LogP contribution < -0.4 is 11.5 Å². The summed E-state index contributed by atoms with van der Waals surface area (Å²) < 4.78 is 0. The van der Waals surface area contributed by atoms with Crippen LogP contribution in [0.3, 0.4) is 0 Å². The molecular formula is C14H20N4O2S. The van der Waals surface area contributed by atoms with Crippen LogP contribution in [0.2, 0.25) is 0 Å². The van der Waals surface area contributed by atoms with Crippen LogP contribution in [0.25, 0.3) is 6.08 Å². The van der Waals surface area contributed by atoms with E-state index < -0.39 is 12.0 Å². The molecule has 5 N–H and O–H groups in total. The first kappa shape index (κ1) is 16.9. The van der Waals surface area contributed by atoms with Gasteiger partial charge in [0.15, 0.2) is 5.96 Å². The third-order valence-corrected chi connectivity index (χ3v) is 3.41. The Balaban J connectivity index is 2.55. The van der Waals surface area contributed by atoms with Crippen LogP contribution in [0.4, 0.5) is 0 Å². The van der Waals surface area contributed by atoms with Crippen molar-refractivity contribution in [2.75, 3.05) is 6.54 Å². The second kappa shape index (κ2) is 8.91. The molecule has 1 rings (SSSR count). The van der Waals surface area contributed by atoms with Gasteiger partial charge in [0.25, 0.3) is 0 Å². The van der Waals surface area contributed by atoms with Gasteiger partial charge in [-0.05, 0) is 42.9 Å². The smallest absolute Gasteiger partial charge is 0.328 e. The zero-order chi connectivity index (χ0) is 15.7. The van der Waals surface area contributed by atoms with E-state index in [2.05, 4.69) is 9.98 Å². The van der Waals surface area contributed by atoms with E-state index in [1.165, 1.54) is 0 Å². The number of allylic oxidation sites excluding steroid dienone is 1.